The average molecular weight is 494 g/mol. The fourth-order valence-electron chi connectivity index (χ4n) is 4.46. The van der Waals surface area contributed by atoms with Gasteiger partial charge >= 0.3 is 5.97 Å². The summed E-state index contributed by atoms with van der Waals surface area (Å²) >= 11 is 0. The lowest BCUT2D eigenvalue weighted by Crippen LogP contribution is -2.47. The predicted octanol–water partition coefficient (Wildman–Crippen LogP) is 2.82. The first kappa shape index (κ1) is 24.5. The molecule has 0 aromatic carbocycles. The number of nitrogens with one attached hydrogen (secondary N) is 1. The smallest absolute Gasteiger partial charge is 0.308 e. The standard InChI is InChI=1S/C20H38N4O2.HI/c1-16-13-17(2)15-23(14-16)10-6-5-9-22-20(21-3)24-11-7-18(8-12-24)19(25)26-4;/h16-18H,5-15H2,1-4H3,(H,21,22);1H. The maximum atomic E-state index is 11.6. The number of esters is 1. The summed E-state index contributed by atoms with van der Waals surface area (Å²) in [5.41, 5.74) is 0. The van der Waals surface area contributed by atoms with E-state index in [4.69, 9.17) is 4.74 Å². The molecular formula is C20H39IN4O2. The van der Waals surface area contributed by atoms with Crippen LogP contribution in [0.2, 0.25) is 0 Å². The molecule has 27 heavy (non-hydrogen) atoms. The van der Waals surface area contributed by atoms with Crippen molar-refractivity contribution in [2.75, 3.05) is 53.4 Å². The Morgan fingerprint density at radius 3 is 2.33 bits per heavy atom. The monoisotopic (exact) mass is 494 g/mol. The number of guanidine groups is 1. The predicted molar refractivity (Wildman–Crippen MR) is 122 cm³/mol. The number of carbonyl (C=O) groups is 1. The van der Waals surface area contributed by atoms with Crippen molar-refractivity contribution >= 4 is 35.9 Å². The molecule has 7 heteroatoms. The number of carbonyl (C=O) groups excluding carboxylic acids is 1. The minimum absolute atomic E-state index is 0. The van der Waals surface area contributed by atoms with Crippen molar-refractivity contribution in [2.45, 2.75) is 46.0 Å². The second-order valence-corrected chi connectivity index (χ2v) is 8.17. The molecule has 0 aromatic rings. The molecule has 2 heterocycles. The summed E-state index contributed by atoms with van der Waals surface area (Å²) in [6, 6.07) is 0. The maximum Gasteiger partial charge on any atom is 0.308 e. The van der Waals surface area contributed by atoms with Crippen LogP contribution < -0.4 is 5.32 Å². The van der Waals surface area contributed by atoms with Crippen molar-refractivity contribution in [3.63, 3.8) is 0 Å². The largest absolute Gasteiger partial charge is 0.469 e. The molecule has 2 fully saturated rings. The van der Waals surface area contributed by atoms with E-state index in [1.165, 1.54) is 39.6 Å². The maximum absolute atomic E-state index is 11.6. The molecule has 0 radical (unpaired) electrons. The van der Waals surface area contributed by atoms with Gasteiger partial charge in [0.1, 0.15) is 0 Å². The van der Waals surface area contributed by atoms with Gasteiger partial charge in [0.2, 0.25) is 0 Å². The van der Waals surface area contributed by atoms with Gasteiger partial charge in [-0.3, -0.25) is 9.79 Å². The Labute approximate surface area is 182 Å². The Morgan fingerprint density at radius 1 is 1.15 bits per heavy atom. The van der Waals surface area contributed by atoms with Gasteiger partial charge in [-0.25, -0.2) is 0 Å². The normalized spacial score (nSPS) is 25.0. The number of aliphatic imine (C=N–C) groups is 1. The van der Waals surface area contributed by atoms with E-state index in [0.29, 0.717) is 0 Å². The second kappa shape index (κ2) is 12.8. The summed E-state index contributed by atoms with van der Waals surface area (Å²) in [4.78, 5) is 20.9. The zero-order chi connectivity index (χ0) is 18.9. The van der Waals surface area contributed by atoms with Gasteiger partial charge in [-0.1, -0.05) is 13.8 Å². The Bertz CT molecular complexity index is 457. The fourth-order valence-corrected chi connectivity index (χ4v) is 4.46. The molecule has 2 aliphatic heterocycles. The zero-order valence-electron chi connectivity index (χ0n) is 17.6. The van der Waals surface area contributed by atoms with E-state index < -0.39 is 0 Å². The van der Waals surface area contributed by atoms with E-state index in [-0.39, 0.29) is 35.9 Å². The Balaban J connectivity index is 0.00000364. The second-order valence-electron chi connectivity index (χ2n) is 8.17. The van der Waals surface area contributed by atoms with Crippen LogP contribution in [0.1, 0.15) is 46.0 Å². The van der Waals surface area contributed by atoms with Crippen molar-refractivity contribution in [3.8, 4) is 0 Å². The van der Waals surface area contributed by atoms with Crippen molar-refractivity contribution < 1.29 is 9.53 Å². The quantitative estimate of drug-likeness (QED) is 0.202. The molecule has 2 aliphatic rings. The molecule has 0 bridgehead atoms. The number of halogens is 1. The highest BCUT2D eigenvalue weighted by atomic mass is 127. The Morgan fingerprint density at radius 2 is 1.78 bits per heavy atom. The molecule has 2 saturated heterocycles. The van der Waals surface area contributed by atoms with Gasteiger partial charge in [0.25, 0.3) is 0 Å². The molecule has 0 spiro atoms. The van der Waals surface area contributed by atoms with Gasteiger partial charge in [0.15, 0.2) is 5.96 Å². The number of ether oxygens (including phenoxy) is 1. The molecule has 0 amide bonds. The summed E-state index contributed by atoms with van der Waals surface area (Å²) in [6.45, 7) is 11.2. The van der Waals surface area contributed by atoms with Crippen LogP contribution in [-0.2, 0) is 9.53 Å². The molecule has 0 aliphatic carbocycles. The minimum atomic E-state index is -0.0751. The summed E-state index contributed by atoms with van der Waals surface area (Å²) in [5.74, 6) is 2.61. The van der Waals surface area contributed by atoms with Crippen LogP contribution >= 0.6 is 24.0 Å². The Hall–Kier alpha value is -0.570. The lowest BCUT2D eigenvalue weighted by Gasteiger charge is -2.35. The fraction of sp³-hybridized carbons (Fsp3) is 0.900. The summed E-state index contributed by atoms with van der Waals surface area (Å²) in [7, 11) is 3.31. The minimum Gasteiger partial charge on any atom is -0.469 e. The average Bonchev–Trinajstić information content (AvgIpc) is 2.63. The third kappa shape index (κ3) is 8.13. The topological polar surface area (TPSA) is 57.2 Å². The summed E-state index contributed by atoms with van der Waals surface area (Å²) in [5, 5.41) is 3.49. The number of likely N-dealkylation sites (tertiary alicyclic amines) is 2. The summed E-state index contributed by atoms with van der Waals surface area (Å²) < 4.78 is 4.86. The first-order valence-electron chi connectivity index (χ1n) is 10.3. The molecular weight excluding hydrogens is 455 g/mol. The van der Waals surface area contributed by atoms with Gasteiger partial charge in [-0.2, -0.15) is 0 Å². The van der Waals surface area contributed by atoms with Crippen LogP contribution in [0.15, 0.2) is 4.99 Å². The number of hydrogen-bond donors (Lipinski definition) is 1. The Kier molecular flexibility index (Phi) is 11.6. The van der Waals surface area contributed by atoms with Crippen LogP contribution in [0.25, 0.3) is 0 Å². The number of piperidine rings is 2. The number of nitrogens with zero attached hydrogens (tertiary/aromatic N) is 3. The molecule has 6 nitrogen and oxygen atoms in total. The lowest BCUT2D eigenvalue weighted by atomic mass is 9.92. The number of rotatable bonds is 6. The van der Waals surface area contributed by atoms with E-state index in [2.05, 4.69) is 34.0 Å². The first-order valence-corrected chi connectivity index (χ1v) is 10.3. The van der Waals surface area contributed by atoms with Crippen molar-refractivity contribution in [2.24, 2.45) is 22.7 Å². The summed E-state index contributed by atoms with van der Waals surface area (Å²) in [6.07, 6.45) is 5.46. The van der Waals surface area contributed by atoms with Crippen LogP contribution in [0.3, 0.4) is 0 Å². The highest BCUT2D eigenvalue weighted by Gasteiger charge is 2.27. The SMILES string of the molecule is CN=C(NCCCCN1CC(C)CC(C)C1)N1CCC(C(=O)OC)CC1.I. The molecule has 1 N–H and O–H groups in total. The number of unbranched alkanes of at least 4 members (excludes halogenated alkanes) is 1. The van der Waals surface area contributed by atoms with Gasteiger partial charge in [0, 0.05) is 39.8 Å². The molecule has 0 saturated carbocycles. The highest BCUT2D eigenvalue weighted by molar-refractivity contribution is 14.0. The molecule has 2 unspecified atom stereocenters. The number of methoxy groups -OCH3 is 1. The van der Waals surface area contributed by atoms with Crippen LogP contribution in [-0.4, -0.2) is 75.2 Å². The van der Waals surface area contributed by atoms with Crippen LogP contribution in [0.5, 0.6) is 0 Å². The van der Waals surface area contributed by atoms with Crippen LogP contribution in [0.4, 0.5) is 0 Å². The number of hydrogen-bond acceptors (Lipinski definition) is 4. The lowest BCUT2D eigenvalue weighted by molar-refractivity contribution is -0.146. The van der Waals surface area contributed by atoms with Gasteiger partial charge < -0.3 is 19.9 Å². The van der Waals surface area contributed by atoms with Gasteiger partial charge in [-0.15, -0.1) is 24.0 Å². The van der Waals surface area contributed by atoms with E-state index >= 15 is 0 Å². The van der Waals surface area contributed by atoms with E-state index in [9.17, 15) is 4.79 Å². The third-order valence-electron chi connectivity index (χ3n) is 5.67. The first-order chi connectivity index (χ1) is 12.5. The van der Waals surface area contributed by atoms with E-state index in [1.54, 1.807) is 0 Å². The van der Waals surface area contributed by atoms with Crippen molar-refractivity contribution in [1.82, 2.24) is 15.1 Å². The molecule has 0 aromatic heterocycles. The molecule has 2 atom stereocenters. The third-order valence-corrected chi connectivity index (χ3v) is 5.67. The molecule has 2 rings (SSSR count). The van der Waals surface area contributed by atoms with Gasteiger partial charge in [0.05, 0.1) is 13.0 Å². The van der Waals surface area contributed by atoms with Gasteiger partial charge in [-0.05, 0) is 50.5 Å². The molecule has 158 valence electrons. The zero-order valence-corrected chi connectivity index (χ0v) is 19.9. The van der Waals surface area contributed by atoms with E-state index in [0.717, 1.165) is 56.7 Å². The van der Waals surface area contributed by atoms with Crippen LogP contribution in [0, 0.1) is 17.8 Å². The van der Waals surface area contributed by atoms with Crippen molar-refractivity contribution in [3.05, 3.63) is 0 Å². The van der Waals surface area contributed by atoms with Crippen molar-refractivity contribution in [1.29, 1.82) is 0 Å². The highest BCUT2D eigenvalue weighted by Crippen LogP contribution is 2.21. The van der Waals surface area contributed by atoms with E-state index in [1.807, 2.05) is 7.05 Å².